The lowest BCUT2D eigenvalue weighted by Gasteiger charge is -2.22. The van der Waals surface area contributed by atoms with Gasteiger partial charge in [0, 0.05) is 24.6 Å². The van der Waals surface area contributed by atoms with Gasteiger partial charge in [0.2, 0.25) is 0 Å². The molecule has 2 heterocycles. The Morgan fingerprint density at radius 1 is 1.22 bits per heavy atom. The van der Waals surface area contributed by atoms with Crippen molar-refractivity contribution in [3.05, 3.63) is 59.5 Å². The Morgan fingerprint density at radius 3 is 2.78 bits per heavy atom. The molecule has 1 aliphatic rings. The predicted molar refractivity (Wildman–Crippen MR) is 102 cm³/mol. The van der Waals surface area contributed by atoms with Crippen LogP contribution in [0.5, 0.6) is 0 Å². The molecule has 0 unspecified atom stereocenters. The van der Waals surface area contributed by atoms with Gasteiger partial charge in [-0.05, 0) is 12.8 Å². The number of H-pyrrole nitrogens is 1. The Morgan fingerprint density at radius 2 is 2.00 bits per heavy atom. The summed E-state index contributed by atoms with van der Waals surface area (Å²) in [6.07, 6.45) is 7.61. The molecule has 6 nitrogen and oxygen atoms in total. The Labute approximate surface area is 158 Å². The molecule has 1 N–H and O–H groups in total. The third kappa shape index (κ3) is 3.79. The Bertz CT molecular complexity index is 894. The molecule has 0 radical (unpaired) electrons. The predicted octanol–water partition coefficient (Wildman–Crippen LogP) is 4.38. The van der Waals surface area contributed by atoms with Crippen LogP contribution in [0.15, 0.2) is 47.1 Å². The summed E-state index contributed by atoms with van der Waals surface area (Å²) in [6.45, 7) is 0.393. The van der Waals surface area contributed by atoms with Crippen LogP contribution in [0, 0.1) is 0 Å². The lowest BCUT2D eigenvalue weighted by molar-refractivity contribution is 0.0780. The molecule has 0 saturated heterocycles. The number of rotatable bonds is 5. The molecule has 0 bridgehead atoms. The molecule has 1 amide bonds. The standard InChI is InChI=1S/C21H24N4O2/c1-25(14-17-12-19(27-24-17)15-8-4-2-5-9-15)21(26)18-13-22-23-20(18)16-10-6-3-7-11-16/h2,4-5,8-9,12-13,16H,3,6-7,10-11,14H2,1H3,(H,22,23). The number of aromatic nitrogens is 3. The summed E-state index contributed by atoms with van der Waals surface area (Å²) >= 11 is 0. The molecule has 0 aliphatic heterocycles. The zero-order valence-electron chi connectivity index (χ0n) is 15.5. The van der Waals surface area contributed by atoms with Crippen molar-refractivity contribution in [3.63, 3.8) is 0 Å². The molecular formula is C21H24N4O2. The van der Waals surface area contributed by atoms with E-state index < -0.39 is 0 Å². The molecule has 140 valence electrons. The maximum atomic E-state index is 13.0. The van der Waals surface area contributed by atoms with E-state index in [1.54, 1.807) is 18.1 Å². The van der Waals surface area contributed by atoms with Crippen LogP contribution in [0.3, 0.4) is 0 Å². The summed E-state index contributed by atoms with van der Waals surface area (Å²) in [7, 11) is 1.79. The van der Waals surface area contributed by atoms with Gasteiger partial charge >= 0.3 is 0 Å². The first-order valence-electron chi connectivity index (χ1n) is 9.52. The fourth-order valence-corrected chi connectivity index (χ4v) is 3.81. The zero-order chi connectivity index (χ0) is 18.6. The van der Waals surface area contributed by atoms with Gasteiger partial charge in [-0.15, -0.1) is 0 Å². The first-order valence-corrected chi connectivity index (χ1v) is 9.52. The van der Waals surface area contributed by atoms with E-state index in [9.17, 15) is 4.79 Å². The first kappa shape index (κ1) is 17.5. The van der Waals surface area contributed by atoms with E-state index in [4.69, 9.17) is 4.52 Å². The summed E-state index contributed by atoms with van der Waals surface area (Å²) in [6, 6.07) is 11.7. The first-order chi connectivity index (χ1) is 13.2. The molecule has 2 aromatic heterocycles. The van der Waals surface area contributed by atoms with Gasteiger partial charge in [-0.25, -0.2) is 0 Å². The van der Waals surface area contributed by atoms with Crippen LogP contribution in [0.1, 0.15) is 59.8 Å². The normalized spacial score (nSPS) is 15.0. The summed E-state index contributed by atoms with van der Waals surface area (Å²) in [5.41, 5.74) is 3.36. The molecule has 1 aliphatic carbocycles. The Kier molecular flexibility index (Phi) is 5.05. The van der Waals surface area contributed by atoms with Gasteiger partial charge in [0.15, 0.2) is 5.76 Å². The number of nitrogens with one attached hydrogen (secondary N) is 1. The van der Waals surface area contributed by atoms with E-state index in [1.807, 2.05) is 36.4 Å². The number of aromatic amines is 1. The van der Waals surface area contributed by atoms with Gasteiger partial charge < -0.3 is 9.42 Å². The fourth-order valence-electron chi connectivity index (χ4n) is 3.81. The van der Waals surface area contributed by atoms with Gasteiger partial charge in [0.25, 0.3) is 5.91 Å². The second-order valence-corrected chi connectivity index (χ2v) is 7.24. The van der Waals surface area contributed by atoms with Crippen molar-refractivity contribution in [1.29, 1.82) is 0 Å². The minimum Gasteiger partial charge on any atom is -0.356 e. The topological polar surface area (TPSA) is 75.0 Å². The van der Waals surface area contributed by atoms with E-state index >= 15 is 0 Å². The molecule has 6 heteroatoms. The van der Waals surface area contributed by atoms with Crippen molar-refractivity contribution in [2.24, 2.45) is 0 Å². The van der Waals surface area contributed by atoms with E-state index in [2.05, 4.69) is 15.4 Å². The average Bonchev–Trinajstić information content (AvgIpc) is 3.38. The highest BCUT2D eigenvalue weighted by molar-refractivity contribution is 5.95. The minimum absolute atomic E-state index is 0.0337. The van der Waals surface area contributed by atoms with Crippen molar-refractivity contribution in [1.82, 2.24) is 20.3 Å². The molecule has 0 atom stereocenters. The van der Waals surface area contributed by atoms with E-state index in [1.165, 1.54) is 19.3 Å². The maximum Gasteiger partial charge on any atom is 0.257 e. The monoisotopic (exact) mass is 364 g/mol. The highest BCUT2D eigenvalue weighted by Crippen LogP contribution is 2.33. The third-order valence-electron chi connectivity index (χ3n) is 5.28. The SMILES string of the molecule is CN(Cc1cc(-c2ccccc2)on1)C(=O)c1cn[nH]c1C1CCCCC1. The second-order valence-electron chi connectivity index (χ2n) is 7.24. The van der Waals surface area contributed by atoms with Crippen molar-refractivity contribution in [2.75, 3.05) is 7.05 Å². The fraction of sp³-hybridized carbons (Fsp3) is 0.381. The summed E-state index contributed by atoms with van der Waals surface area (Å²) in [5.74, 6) is 1.08. The highest BCUT2D eigenvalue weighted by Gasteiger charge is 2.25. The third-order valence-corrected chi connectivity index (χ3v) is 5.28. The minimum atomic E-state index is -0.0337. The summed E-state index contributed by atoms with van der Waals surface area (Å²) in [5, 5.41) is 11.3. The molecule has 0 spiro atoms. The largest absolute Gasteiger partial charge is 0.356 e. The number of amides is 1. The van der Waals surface area contributed by atoms with Gasteiger partial charge in [-0.1, -0.05) is 54.8 Å². The summed E-state index contributed by atoms with van der Waals surface area (Å²) < 4.78 is 5.43. The van der Waals surface area contributed by atoms with Crippen LogP contribution in [-0.2, 0) is 6.54 Å². The van der Waals surface area contributed by atoms with Crippen molar-refractivity contribution in [3.8, 4) is 11.3 Å². The number of hydrogen-bond acceptors (Lipinski definition) is 4. The number of carbonyl (C=O) groups excluding carboxylic acids is 1. The van der Waals surface area contributed by atoms with E-state index in [0.717, 1.165) is 29.8 Å². The van der Waals surface area contributed by atoms with Crippen molar-refractivity contribution >= 4 is 5.91 Å². The van der Waals surface area contributed by atoms with Gasteiger partial charge in [0.05, 0.1) is 24.0 Å². The van der Waals surface area contributed by atoms with E-state index in [-0.39, 0.29) is 5.91 Å². The van der Waals surface area contributed by atoms with E-state index in [0.29, 0.717) is 23.8 Å². The van der Waals surface area contributed by atoms with Crippen LogP contribution < -0.4 is 0 Å². The Hall–Kier alpha value is -2.89. The number of benzene rings is 1. The van der Waals surface area contributed by atoms with Gasteiger partial charge in [-0.3, -0.25) is 9.89 Å². The average molecular weight is 364 g/mol. The van der Waals surface area contributed by atoms with Crippen LogP contribution in [0.4, 0.5) is 0 Å². The van der Waals surface area contributed by atoms with Gasteiger partial charge in [0.1, 0.15) is 5.69 Å². The zero-order valence-corrected chi connectivity index (χ0v) is 15.5. The molecule has 1 aromatic carbocycles. The van der Waals surface area contributed by atoms with Crippen LogP contribution in [-0.4, -0.2) is 33.2 Å². The van der Waals surface area contributed by atoms with Crippen LogP contribution in [0.25, 0.3) is 11.3 Å². The smallest absolute Gasteiger partial charge is 0.257 e. The van der Waals surface area contributed by atoms with Crippen molar-refractivity contribution in [2.45, 2.75) is 44.6 Å². The second kappa shape index (κ2) is 7.78. The lowest BCUT2D eigenvalue weighted by Crippen LogP contribution is -2.27. The molecule has 4 rings (SSSR count). The molecule has 1 saturated carbocycles. The van der Waals surface area contributed by atoms with Gasteiger partial charge in [-0.2, -0.15) is 5.10 Å². The quantitative estimate of drug-likeness (QED) is 0.729. The van der Waals surface area contributed by atoms with Crippen molar-refractivity contribution < 1.29 is 9.32 Å². The summed E-state index contributed by atoms with van der Waals surface area (Å²) in [4.78, 5) is 14.6. The highest BCUT2D eigenvalue weighted by atomic mass is 16.5. The maximum absolute atomic E-state index is 13.0. The molecule has 27 heavy (non-hydrogen) atoms. The Balaban J connectivity index is 1.46. The lowest BCUT2D eigenvalue weighted by atomic mass is 9.85. The van der Waals surface area contributed by atoms with Crippen LogP contribution in [0.2, 0.25) is 0 Å². The molecular weight excluding hydrogens is 340 g/mol. The molecule has 3 aromatic rings. The molecule has 1 fully saturated rings. The van der Waals surface area contributed by atoms with Crippen LogP contribution >= 0.6 is 0 Å². The number of carbonyl (C=O) groups is 1. The number of nitrogens with zero attached hydrogens (tertiary/aromatic N) is 3. The number of hydrogen-bond donors (Lipinski definition) is 1.